The molecule has 2 N–H and O–H groups in total. The first-order valence-corrected chi connectivity index (χ1v) is 10.3. The third-order valence-electron chi connectivity index (χ3n) is 5.49. The minimum Gasteiger partial charge on any atom is -0.454 e. The van der Waals surface area contributed by atoms with Crippen LogP contribution in [0.1, 0.15) is 49.8 Å². The van der Waals surface area contributed by atoms with Gasteiger partial charge in [-0.05, 0) is 41.2 Å². The number of hydrogen-bond donors (Lipinski definition) is 2. The van der Waals surface area contributed by atoms with Gasteiger partial charge in [0, 0.05) is 36.0 Å². The number of aromatic nitrogens is 1. The molecular weight excluding hydrogens is 364 g/mol. The van der Waals surface area contributed by atoms with Crippen molar-refractivity contribution in [3.8, 4) is 11.5 Å². The van der Waals surface area contributed by atoms with E-state index in [2.05, 4.69) is 55.5 Å². The second-order valence-electron chi connectivity index (χ2n) is 8.00. The Morgan fingerprint density at radius 1 is 1.17 bits per heavy atom. The maximum absolute atomic E-state index is 12.7. The molecule has 1 aliphatic rings. The maximum atomic E-state index is 12.7. The predicted molar refractivity (Wildman–Crippen MR) is 115 cm³/mol. The van der Waals surface area contributed by atoms with E-state index in [1.807, 2.05) is 18.2 Å². The zero-order valence-electron chi connectivity index (χ0n) is 17.2. The molecule has 0 saturated heterocycles. The average Bonchev–Trinajstić information content (AvgIpc) is 3.36. The monoisotopic (exact) mass is 392 g/mol. The van der Waals surface area contributed by atoms with Crippen molar-refractivity contribution in [2.45, 2.75) is 39.5 Å². The summed E-state index contributed by atoms with van der Waals surface area (Å²) in [6.07, 6.45) is 3.39. The molecule has 0 unspecified atom stereocenters. The van der Waals surface area contributed by atoms with Gasteiger partial charge in [0.1, 0.15) is 0 Å². The zero-order chi connectivity index (χ0) is 20.4. The Morgan fingerprint density at radius 2 is 2.00 bits per heavy atom. The van der Waals surface area contributed by atoms with Crippen LogP contribution in [0.5, 0.6) is 11.5 Å². The molecule has 0 spiro atoms. The largest absolute Gasteiger partial charge is 0.454 e. The summed E-state index contributed by atoms with van der Waals surface area (Å²) in [5.41, 5.74) is 4.62. The van der Waals surface area contributed by atoms with E-state index in [-0.39, 0.29) is 18.6 Å². The van der Waals surface area contributed by atoms with Gasteiger partial charge in [0.25, 0.3) is 0 Å². The van der Waals surface area contributed by atoms with Crippen molar-refractivity contribution in [1.29, 1.82) is 0 Å². The second-order valence-corrected chi connectivity index (χ2v) is 8.00. The molecule has 0 fully saturated rings. The van der Waals surface area contributed by atoms with Gasteiger partial charge in [-0.2, -0.15) is 0 Å². The van der Waals surface area contributed by atoms with Crippen LogP contribution in [-0.2, 0) is 11.2 Å². The lowest BCUT2D eigenvalue weighted by Crippen LogP contribution is -2.28. The van der Waals surface area contributed by atoms with E-state index in [1.54, 1.807) is 0 Å². The molecule has 5 nitrogen and oxygen atoms in total. The number of carbonyl (C=O) groups is 1. The number of aryl methyl sites for hydroxylation is 1. The number of nitrogens with one attached hydrogen (secondary N) is 2. The quantitative estimate of drug-likeness (QED) is 0.610. The molecule has 3 aromatic rings. The highest BCUT2D eigenvalue weighted by atomic mass is 16.7. The second kappa shape index (κ2) is 8.19. The van der Waals surface area contributed by atoms with Gasteiger partial charge in [0.15, 0.2) is 11.5 Å². The Hall–Kier alpha value is -2.95. The van der Waals surface area contributed by atoms with Gasteiger partial charge in [-0.15, -0.1) is 0 Å². The summed E-state index contributed by atoms with van der Waals surface area (Å²) in [5, 5.41) is 4.23. The van der Waals surface area contributed by atoms with Crippen molar-refractivity contribution in [3.63, 3.8) is 0 Å². The summed E-state index contributed by atoms with van der Waals surface area (Å²) in [5.74, 6) is 1.90. The normalized spacial score (nSPS) is 13.8. The van der Waals surface area contributed by atoms with Crippen molar-refractivity contribution < 1.29 is 14.3 Å². The SMILES string of the molecule is CCc1cccc2c([C@@H](CC(=O)NCC(C)C)c3ccc4c(c3)OCO4)c[nH]c12. The molecule has 2 heterocycles. The zero-order valence-corrected chi connectivity index (χ0v) is 17.2. The highest BCUT2D eigenvalue weighted by Gasteiger charge is 2.24. The van der Waals surface area contributed by atoms with Crippen LogP contribution in [0.25, 0.3) is 10.9 Å². The van der Waals surface area contributed by atoms with Crippen LogP contribution in [0.15, 0.2) is 42.6 Å². The highest BCUT2D eigenvalue weighted by molar-refractivity contribution is 5.88. The van der Waals surface area contributed by atoms with E-state index in [0.717, 1.165) is 34.6 Å². The van der Waals surface area contributed by atoms with Crippen molar-refractivity contribution in [3.05, 3.63) is 59.3 Å². The van der Waals surface area contributed by atoms with Gasteiger partial charge in [0.05, 0.1) is 0 Å². The minimum atomic E-state index is -0.0717. The van der Waals surface area contributed by atoms with Gasteiger partial charge in [-0.25, -0.2) is 0 Å². The van der Waals surface area contributed by atoms with Crippen molar-refractivity contribution >= 4 is 16.8 Å². The smallest absolute Gasteiger partial charge is 0.231 e. The lowest BCUT2D eigenvalue weighted by molar-refractivity contribution is -0.121. The Labute approximate surface area is 171 Å². The van der Waals surface area contributed by atoms with Gasteiger partial charge in [-0.1, -0.05) is 45.0 Å². The summed E-state index contributed by atoms with van der Waals surface area (Å²) >= 11 is 0. The number of para-hydroxylation sites is 1. The van der Waals surface area contributed by atoms with Gasteiger partial charge in [0.2, 0.25) is 12.7 Å². The Morgan fingerprint density at radius 3 is 2.79 bits per heavy atom. The maximum Gasteiger partial charge on any atom is 0.231 e. The number of fused-ring (bicyclic) bond motifs is 2. The third kappa shape index (κ3) is 3.95. The summed E-state index contributed by atoms with van der Waals surface area (Å²) < 4.78 is 11.0. The fourth-order valence-corrected chi connectivity index (χ4v) is 3.93. The van der Waals surface area contributed by atoms with Crippen LogP contribution in [0.3, 0.4) is 0 Å². The molecule has 1 atom stereocenters. The molecule has 2 aromatic carbocycles. The van der Waals surface area contributed by atoms with Crippen LogP contribution in [0, 0.1) is 5.92 Å². The van der Waals surface area contributed by atoms with Gasteiger partial charge < -0.3 is 19.8 Å². The number of hydrogen-bond acceptors (Lipinski definition) is 3. The molecule has 1 aliphatic heterocycles. The number of benzene rings is 2. The Bertz CT molecular complexity index is 1020. The first-order chi connectivity index (χ1) is 14.1. The standard InChI is InChI=1S/C24H28N2O3/c1-4-16-6-5-7-18-20(13-26-24(16)18)19(11-23(27)25-12-15(2)3)17-8-9-21-22(10-17)29-14-28-21/h5-10,13,15,19,26H,4,11-12,14H2,1-3H3,(H,25,27)/t19-/m0/s1. The van der Waals surface area contributed by atoms with Crippen molar-refractivity contribution in [1.82, 2.24) is 10.3 Å². The molecule has 0 aliphatic carbocycles. The number of carbonyl (C=O) groups excluding carboxylic acids is 1. The molecule has 29 heavy (non-hydrogen) atoms. The van der Waals surface area contributed by atoms with E-state index in [0.29, 0.717) is 18.9 Å². The molecular formula is C24H28N2O3. The molecule has 0 bridgehead atoms. The van der Waals surface area contributed by atoms with E-state index < -0.39 is 0 Å². The minimum absolute atomic E-state index is 0.0577. The molecule has 0 saturated carbocycles. The third-order valence-corrected chi connectivity index (χ3v) is 5.49. The number of rotatable bonds is 7. The first-order valence-electron chi connectivity index (χ1n) is 10.3. The van der Waals surface area contributed by atoms with Crippen LogP contribution >= 0.6 is 0 Å². The van der Waals surface area contributed by atoms with E-state index in [1.165, 1.54) is 10.9 Å². The van der Waals surface area contributed by atoms with E-state index >= 15 is 0 Å². The Kier molecular flexibility index (Phi) is 5.47. The fourth-order valence-electron chi connectivity index (χ4n) is 3.93. The van der Waals surface area contributed by atoms with Crippen molar-refractivity contribution in [2.75, 3.05) is 13.3 Å². The topological polar surface area (TPSA) is 63.4 Å². The Balaban J connectivity index is 1.73. The molecule has 4 rings (SSSR count). The molecule has 5 heteroatoms. The van der Waals surface area contributed by atoms with Gasteiger partial charge >= 0.3 is 0 Å². The first kappa shape index (κ1) is 19.4. The average molecular weight is 392 g/mol. The van der Waals surface area contributed by atoms with Crippen LogP contribution in [0.4, 0.5) is 0 Å². The number of H-pyrrole nitrogens is 1. The van der Waals surface area contributed by atoms with Crippen LogP contribution in [0.2, 0.25) is 0 Å². The van der Waals surface area contributed by atoms with Crippen molar-refractivity contribution in [2.24, 2.45) is 5.92 Å². The van der Waals surface area contributed by atoms with E-state index in [4.69, 9.17) is 9.47 Å². The molecule has 1 amide bonds. The molecule has 0 radical (unpaired) electrons. The fraction of sp³-hybridized carbons (Fsp3) is 0.375. The number of amides is 1. The summed E-state index contributed by atoms with van der Waals surface area (Å²) in [6.45, 7) is 7.28. The van der Waals surface area contributed by atoms with Gasteiger partial charge in [-0.3, -0.25) is 4.79 Å². The molecule has 152 valence electrons. The summed E-state index contributed by atoms with van der Waals surface area (Å²) in [6, 6.07) is 12.3. The lowest BCUT2D eigenvalue weighted by Gasteiger charge is -2.18. The highest BCUT2D eigenvalue weighted by Crippen LogP contribution is 2.39. The number of ether oxygens (including phenoxy) is 2. The van der Waals surface area contributed by atoms with E-state index in [9.17, 15) is 4.79 Å². The molecule has 1 aromatic heterocycles. The summed E-state index contributed by atoms with van der Waals surface area (Å²) in [7, 11) is 0. The van der Waals surface area contributed by atoms with Crippen LogP contribution in [-0.4, -0.2) is 24.2 Å². The number of aromatic amines is 1. The predicted octanol–water partition coefficient (Wildman–Crippen LogP) is 4.75. The van der Waals surface area contributed by atoms with Crippen LogP contribution < -0.4 is 14.8 Å². The summed E-state index contributed by atoms with van der Waals surface area (Å²) in [4.78, 5) is 16.2. The lowest BCUT2D eigenvalue weighted by atomic mass is 9.87.